The normalized spacial score (nSPS) is 24.0. The van der Waals surface area contributed by atoms with Crippen LogP contribution in [0.15, 0.2) is 30.3 Å². The van der Waals surface area contributed by atoms with Gasteiger partial charge in [-0.2, -0.15) is 0 Å². The number of likely N-dealkylation sites (tertiary alicyclic amines) is 2. The van der Waals surface area contributed by atoms with Crippen molar-refractivity contribution in [3.63, 3.8) is 0 Å². The molecule has 0 radical (unpaired) electrons. The summed E-state index contributed by atoms with van der Waals surface area (Å²) in [7, 11) is 0. The number of rotatable bonds is 9. The molecule has 2 fully saturated rings. The van der Waals surface area contributed by atoms with Gasteiger partial charge in [0, 0.05) is 19.5 Å². The maximum atomic E-state index is 13.9. The monoisotopic (exact) mass is 471 g/mol. The lowest BCUT2D eigenvalue weighted by Crippen LogP contribution is -2.64. The lowest BCUT2D eigenvalue weighted by molar-refractivity contribution is -0.152. The number of carbonyl (C=O) groups is 4. The Bertz CT molecular complexity index is 908. The van der Waals surface area contributed by atoms with E-state index in [0.29, 0.717) is 58.0 Å². The summed E-state index contributed by atoms with van der Waals surface area (Å²) in [6.07, 6.45) is 3.53. The fourth-order valence-electron chi connectivity index (χ4n) is 5.16. The lowest BCUT2D eigenvalue weighted by Gasteiger charge is -2.40. The summed E-state index contributed by atoms with van der Waals surface area (Å²) in [4.78, 5) is 55.5. The molecule has 2 heterocycles. The van der Waals surface area contributed by atoms with Crippen LogP contribution < -0.4 is 16.8 Å². The number of benzene rings is 1. The molecule has 4 atom stereocenters. The van der Waals surface area contributed by atoms with Crippen LogP contribution in [0.2, 0.25) is 0 Å². The molecular formula is C25H37N5O4. The molecule has 2 saturated heterocycles. The zero-order chi connectivity index (χ0) is 24.9. The smallest absolute Gasteiger partial charge is 0.246 e. The van der Waals surface area contributed by atoms with Crippen LogP contribution in [0.3, 0.4) is 0 Å². The Labute approximate surface area is 201 Å². The van der Waals surface area contributed by atoms with Crippen LogP contribution in [0.4, 0.5) is 0 Å². The van der Waals surface area contributed by atoms with Crippen molar-refractivity contribution in [2.45, 2.75) is 82.5 Å². The van der Waals surface area contributed by atoms with Crippen molar-refractivity contribution < 1.29 is 19.2 Å². The highest BCUT2D eigenvalue weighted by Crippen LogP contribution is 2.36. The second-order valence-electron chi connectivity index (χ2n) is 9.33. The van der Waals surface area contributed by atoms with Gasteiger partial charge in [-0.1, -0.05) is 44.2 Å². The molecule has 0 aliphatic carbocycles. The van der Waals surface area contributed by atoms with E-state index in [9.17, 15) is 19.2 Å². The fourth-order valence-corrected chi connectivity index (χ4v) is 5.16. The first-order valence-electron chi connectivity index (χ1n) is 12.3. The molecular weight excluding hydrogens is 434 g/mol. The number of nitrogens with zero attached hydrogens (tertiary/aromatic N) is 2. The van der Waals surface area contributed by atoms with Gasteiger partial charge in [-0.15, -0.1) is 0 Å². The van der Waals surface area contributed by atoms with Crippen molar-refractivity contribution in [1.82, 2.24) is 15.1 Å². The highest BCUT2D eigenvalue weighted by atomic mass is 16.2. The molecule has 2 aliphatic rings. The summed E-state index contributed by atoms with van der Waals surface area (Å²) >= 11 is 0. The van der Waals surface area contributed by atoms with Crippen LogP contribution in [0.5, 0.6) is 0 Å². The summed E-state index contributed by atoms with van der Waals surface area (Å²) in [5.74, 6) is -1.45. The van der Waals surface area contributed by atoms with Crippen LogP contribution in [0.1, 0.15) is 57.9 Å². The molecule has 3 rings (SSSR count). The van der Waals surface area contributed by atoms with Gasteiger partial charge in [-0.05, 0) is 44.1 Å². The van der Waals surface area contributed by atoms with Crippen LogP contribution >= 0.6 is 0 Å². The Morgan fingerprint density at radius 1 is 1.09 bits per heavy atom. The molecule has 186 valence electrons. The third-order valence-corrected chi connectivity index (χ3v) is 7.15. The van der Waals surface area contributed by atoms with E-state index in [1.807, 2.05) is 37.3 Å². The van der Waals surface area contributed by atoms with E-state index in [2.05, 4.69) is 5.32 Å². The van der Waals surface area contributed by atoms with Gasteiger partial charge in [0.1, 0.15) is 17.6 Å². The molecule has 0 aromatic heterocycles. The Balaban J connectivity index is 1.94. The number of nitrogens with two attached hydrogens (primary N) is 2. The van der Waals surface area contributed by atoms with Crippen molar-refractivity contribution in [2.75, 3.05) is 13.1 Å². The molecule has 1 aromatic carbocycles. The van der Waals surface area contributed by atoms with Gasteiger partial charge in [0.25, 0.3) is 0 Å². The number of carbonyl (C=O) groups excluding carboxylic acids is 4. The van der Waals surface area contributed by atoms with Crippen LogP contribution in [-0.2, 0) is 25.6 Å². The zero-order valence-corrected chi connectivity index (χ0v) is 20.2. The van der Waals surface area contributed by atoms with Crippen molar-refractivity contribution in [3.8, 4) is 0 Å². The average molecular weight is 472 g/mol. The molecule has 34 heavy (non-hydrogen) atoms. The molecule has 4 amide bonds. The minimum Gasteiger partial charge on any atom is -0.368 e. The first-order valence-corrected chi connectivity index (χ1v) is 12.3. The van der Waals surface area contributed by atoms with E-state index in [1.54, 1.807) is 16.7 Å². The van der Waals surface area contributed by atoms with E-state index in [-0.39, 0.29) is 17.7 Å². The molecule has 0 spiro atoms. The first-order chi connectivity index (χ1) is 16.2. The molecule has 2 aliphatic heterocycles. The quantitative estimate of drug-likeness (QED) is 0.487. The minimum absolute atomic E-state index is 0.226. The number of nitrogens with one attached hydrogen (secondary N) is 1. The Morgan fingerprint density at radius 3 is 2.41 bits per heavy atom. The molecule has 9 heteroatoms. The topological polar surface area (TPSA) is 139 Å². The SMILES string of the molecule is CC[C@H](NC(=O)[C@]1(Cc2ccccc2)CCCN1C(=O)[C@@H]1CCCN1C(=O)[C@@H](N)CC)C(N)=O. The van der Waals surface area contributed by atoms with E-state index < -0.39 is 29.6 Å². The summed E-state index contributed by atoms with van der Waals surface area (Å²) in [5, 5.41) is 2.80. The number of amides is 4. The maximum Gasteiger partial charge on any atom is 0.246 e. The van der Waals surface area contributed by atoms with Crippen LogP contribution in [0, 0.1) is 0 Å². The first kappa shape index (κ1) is 25.7. The largest absolute Gasteiger partial charge is 0.368 e. The fraction of sp³-hybridized carbons (Fsp3) is 0.600. The highest BCUT2D eigenvalue weighted by molar-refractivity contribution is 5.97. The maximum absolute atomic E-state index is 13.9. The van der Waals surface area contributed by atoms with Gasteiger partial charge in [-0.25, -0.2) is 0 Å². The van der Waals surface area contributed by atoms with Crippen molar-refractivity contribution in [1.29, 1.82) is 0 Å². The molecule has 0 unspecified atom stereocenters. The molecule has 9 nitrogen and oxygen atoms in total. The summed E-state index contributed by atoms with van der Waals surface area (Å²) in [6.45, 7) is 4.50. The van der Waals surface area contributed by atoms with Gasteiger partial charge in [0.15, 0.2) is 0 Å². The van der Waals surface area contributed by atoms with E-state index in [0.717, 1.165) is 5.56 Å². The summed E-state index contributed by atoms with van der Waals surface area (Å²) in [6, 6.07) is 7.43. The highest BCUT2D eigenvalue weighted by Gasteiger charge is 2.52. The van der Waals surface area contributed by atoms with Crippen molar-refractivity contribution >= 4 is 23.6 Å². The number of primary amides is 1. The van der Waals surface area contributed by atoms with Gasteiger partial charge in [0.05, 0.1) is 6.04 Å². The van der Waals surface area contributed by atoms with Gasteiger partial charge < -0.3 is 26.6 Å². The number of hydrogen-bond acceptors (Lipinski definition) is 5. The van der Waals surface area contributed by atoms with E-state index in [4.69, 9.17) is 11.5 Å². The zero-order valence-electron chi connectivity index (χ0n) is 20.2. The molecule has 1 aromatic rings. The Morgan fingerprint density at radius 2 is 1.79 bits per heavy atom. The van der Waals surface area contributed by atoms with E-state index in [1.165, 1.54) is 0 Å². The molecule has 0 saturated carbocycles. The predicted octanol–water partition coefficient (Wildman–Crippen LogP) is 0.699. The Kier molecular flexibility index (Phi) is 8.30. The average Bonchev–Trinajstić information content (AvgIpc) is 3.49. The van der Waals surface area contributed by atoms with Gasteiger partial charge >= 0.3 is 0 Å². The molecule has 5 N–H and O–H groups in total. The standard InChI is InChI=1S/C25H37N5O4/c1-3-18(26)22(32)29-14-8-12-20(29)23(33)30-15-9-13-25(30,16-17-10-6-5-7-11-17)24(34)28-19(4-2)21(27)31/h5-7,10-11,18-20H,3-4,8-9,12-16,26H2,1-2H3,(H2,27,31)(H,28,34)/t18-,19-,20-,25+/m0/s1. The lowest BCUT2D eigenvalue weighted by atomic mass is 9.86. The summed E-state index contributed by atoms with van der Waals surface area (Å²) < 4.78 is 0. The van der Waals surface area contributed by atoms with Crippen molar-refractivity contribution in [3.05, 3.63) is 35.9 Å². The second kappa shape index (κ2) is 11.0. The second-order valence-corrected chi connectivity index (χ2v) is 9.33. The van der Waals surface area contributed by atoms with E-state index >= 15 is 0 Å². The Hall–Kier alpha value is -2.94. The summed E-state index contributed by atoms with van der Waals surface area (Å²) in [5.41, 5.74) is 11.2. The van der Waals surface area contributed by atoms with Crippen molar-refractivity contribution in [2.24, 2.45) is 11.5 Å². The van der Waals surface area contributed by atoms with Crippen LogP contribution in [0.25, 0.3) is 0 Å². The van der Waals surface area contributed by atoms with Crippen LogP contribution in [-0.4, -0.2) is 70.2 Å². The number of hydrogen-bond donors (Lipinski definition) is 3. The third-order valence-electron chi connectivity index (χ3n) is 7.15. The van der Waals surface area contributed by atoms with Gasteiger partial charge in [0.2, 0.25) is 23.6 Å². The third kappa shape index (κ3) is 5.09. The minimum atomic E-state index is -1.16. The van der Waals surface area contributed by atoms with Gasteiger partial charge in [-0.3, -0.25) is 19.2 Å². The molecule has 0 bridgehead atoms. The predicted molar refractivity (Wildman–Crippen MR) is 128 cm³/mol.